The number of carbonyl (C=O) groups excluding carboxylic acids is 2. The third kappa shape index (κ3) is 4.28. The van der Waals surface area contributed by atoms with Crippen LogP contribution in [0.4, 0.5) is 10.5 Å². The number of aromatic hydroxyl groups is 1. The molecule has 9 heteroatoms. The average Bonchev–Trinajstić information content (AvgIpc) is 2.71. The topological polar surface area (TPSA) is 109 Å². The fourth-order valence-electron chi connectivity index (χ4n) is 3.21. The quantitative estimate of drug-likeness (QED) is 0.557. The number of allylic oxidation sites excluding steroid dienone is 1. The standard InChI is InChI=1S/C21H22ClN3O5/c1-4-30-16-10-12(9-13(22)19(16)26)18-17(11(2)23-21(28)25-18)20(27)24-14-7-5-6-8-15(14)29-3/h5-10,18,26H,4H2,1-3H3,(H,24,27)(H2,23,25,28)/t18-/m1/s1. The Morgan fingerprint density at radius 2 is 2.00 bits per heavy atom. The minimum atomic E-state index is -0.814. The average molecular weight is 432 g/mol. The first-order valence-electron chi connectivity index (χ1n) is 9.23. The van der Waals surface area contributed by atoms with Crippen molar-refractivity contribution in [3.8, 4) is 17.2 Å². The molecule has 0 saturated carbocycles. The minimum Gasteiger partial charge on any atom is -0.503 e. The second-order valence-electron chi connectivity index (χ2n) is 6.51. The maximum atomic E-state index is 13.2. The SMILES string of the molecule is CCOc1cc([C@H]2NC(=O)NC(C)=C2C(=O)Nc2ccccc2OC)cc(Cl)c1O. The lowest BCUT2D eigenvalue weighted by Gasteiger charge is -2.29. The van der Waals surface area contributed by atoms with E-state index in [-0.39, 0.29) is 22.1 Å². The van der Waals surface area contributed by atoms with Crippen LogP contribution in [0.1, 0.15) is 25.5 Å². The molecule has 0 bridgehead atoms. The Morgan fingerprint density at radius 3 is 2.70 bits per heavy atom. The summed E-state index contributed by atoms with van der Waals surface area (Å²) in [6, 6.07) is 8.75. The third-order valence-electron chi connectivity index (χ3n) is 4.55. The number of anilines is 1. The van der Waals surface area contributed by atoms with Gasteiger partial charge in [0.2, 0.25) is 0 Å². The molecule has 0 aromatic heterocycles. The van der Waals surface area contributed by atoms with Crippen molar-refractivity contribution < 1.29 is 24.2 Å². The molecule has 30 heavy (non-hydrogen) atoms. The van der Waals surface area contributed by atoms with Gasteiger partial charge in [-0.2, -0.15) is 0 Å². The highest BCUT2D eigenvalue weighted by Crippen LogP contribution is 2.39. The monoisotopic (exact) mass is 431 g/mol. The van der Waals surface area contributed by atoms with E-state index in [4.69, 9.17) is 21.1 Å². The molecule has 0 spiro atoms. The molecule has 4 N–H and O–H groups in total. The van der Waals surface area contributed by atoms with Crippen LogP contribution in [0.25, 0.3) is 0 Å². The van der Waals surface area contributed by atoms with Crippen molar-refractivity contribution in [3.05, 3.63) is 58.3 Å². The van der Waals surface area contributed by atoms with Crippen molar-refractivity contribution in [2.75, 3.05) is 19.0 Å². The summed E-state index contributed by atoms with van der Waals surface area (Å²) in [4.78, 5) is 25.3. The lowest BCUT2D eigenvalue weighted by Crippen LogP contribution is -2.46. The molecule has 0 radical (unpaired) electrons. The predicted molar refractivity (Wildman–Crippen MR) is 113 cm³/mol. The van der Waals surface area contributed by atoms with Crippen molar-refractivity contribution >= 4 is 29.2 Å². The second-order valence-corrected chi connectivity index (χ2v) is 6.91. The van der Waals surface area contributed by atoms with E-state index in [2.05, 4.69) is 16.0 Å². The summed E-state index contributed by atoms with van der Waals surface area (Å²) in [7, 11) is 1.51. The molecule has 2 aromatic rings. The molecule has 8 nitrogen and oxygen atoms in total. The number of halogens is 1. The van der Waals surface area contributed by atoms with Gasteiger partial charge in [0.15, 0.2) is 11.5 Å². The summed E-state index contributed by atoms with van der Waals surface area (Å²) >= 11 is 6.15. The molecule has 3 amide bonds. The van der Waals surface area contributed by atoms with Gasteiger partial charge in [0.05, 0.1) is 36.0 Å². The number of benzene rings is 2. The van der Waals surface area contributed by atoms with Gasteiger partial charge in [-0.05, 0) is 43.7 Å². The molecule has 158 valence electrons. The van der Waals surface area contributed by atoms with Gasteiger partial charge in [-0.25, -0.2) is 4.79 Å². The number of nitrogens with one attached hydrogen (secondary N) is 3. The Balaban J connectivity index is 2.02. The minimum absolute atomic E-state index is 0.0471. The van der Waals surface area contributed by atoms with E-state index in [0.29, 0.717) is 29.3 Å². The number of hydrogen-bond acceptors (Lipinski definition) is 5. The lowest BCUT2D eigenvalue weighted by molar-refractivity contribution is -0.113. The molecule has 1 atom stereocenters. The van der Waals surface area contributed by atoms with Gasteiger partial charge in [0.25, 0.3) is 5.91 Å². The molecule has 3 rings (SSSR count). The molecule has 1 heterocycles. The molecule has 0 fully saturated rings. The van der Waals surface area contributed by atoms with Gasteiger partial charge in [-0.15, -0.1) is 0 Å². The van der Waals surface area contributed by atoms with Crippen LogP contribution in [-0.2, 0) is 4.79 Å². The number of rotatable bonds is 6. The zero-order valence-corrected chi connectivity index (χ0v) is 17.5. The fourth-order valence-corrected chi connectivity index (χ4v) is 3.43. The summed E-state index contributed by atoms with van der Waals surface area (Å²) in [6.07, 6.45) is 0. The highest BCUT2D eigenvalue weighted by Gasteiger charge is 2.32. The Labute approximate surface area is 178 Å². The summed E-state index contributed by atoms with van der Waals surface area (Å²) in [5.41, 5.74) is 1.64. The van der Waals surface area contributed by atoms with Crippen LogP contribution < -0.4 is 25.4 Å². The van der Waals surface area contributed by atoms with Crippen molar-refractivity contribution in [3.63, 3.8) is 0 Å². The first kappa shape index (κ1) is 21.3. The van der Waals surface area contributed by atoms with Crippen LogP contribution in [0.15, 0.2) is 47.7 Å². The Morgan fingerprint density at radius 1 is 1.27 bits per heavy atom. The van der Waals surface area contributed by atoms with Gasteiger partial charge < -0.3 is 30.5 Å². The van der Waals surface area contributed by atoms with Gasteiger partial charge >= 0.3 is 6.03 Å². The van der Waals surface area contributed by atoms with Crippen LogP contribution in [0.2, 0.25) is 5.02 Å². The fraction of sp³-hybridized carbons (Fsp3) is 0.238. The number of urea groups is 1. The van der Waals surface area contributed by atoms with Crippen molar-refractivity contribution in [2.24, 2.45) is 0 Å². The predicted octanol–water partition coefficient (Wildman–Crippen LogP) is 3.72. The number of hydrogen-bond donors (Lipinski definition) is 4. The number of phenolic OH excluding ortho intramolecular Hbond substituents is 1. The van der Waals surface area contributed by atoms with E-state index in [9.17, 15) is 14.7 Å². The first-order chi connectivity index (χ1) is 14.3. The Hall–Kier alpha value is -3.39. The summed E-state index contributed by atoms with van der Waals surface area (Å²) in [5.74, 6) is 0.0228. The maximum absolute atomic E-state index is 13.2. The van der Waals surface area contributed by atoms with Crippen LogP contribution in [-0.4, -0.2) is 30.8 Å². The summed E-state index contributed by atoms with van der Waals surface area (Å²) in [6.45, 7) is 3.71. The number of phenols is 1. The van der Waals surface area contributed by atoms with E-state index in [0.717, 1.165) is 0 Å². The summed E-state index contributed by atoms with van der Waals surface area (Å²) < 4.78 is 10.7. The van der Waals surface area contributed by atoms with Crippen molar-refractivity contribution in [1.82, 2.24) is 10.6 Å². The van der Waals surface area contributed by atoms with Gasteiger partial charge in [0, 0.05) is 5.70 Å². The van der Waals surface area contributed by atoms with E-state index >= 15 is 0 Å². The third-order valence-corrected chi connectivity index (χ3v) is 4.84. The number of methoxy groups -OCH3 is 1. The molecule has 0 unspecified atom stereocenters. The normalized spacial score (nSPS) is 15.9. The highest BCUT2D eigenvalue weighted by atomic mass is 35.5. The molecular weight excluding hydrogens is 410 g/mol. The zero-order chi connectivity index (χ0) is 21.8. The lowest BCUT2D eigenvalue weighted by atomic mass is 9.94. The number of carbonyl (C=O) groups is 2. The Kier molecular flexibility index (Phi) is 6.37. The second kappa shape index (κ2) is 8.96. The number of amides is 3. The smallest absolute Gasteiger partial charge is 0.319 e. The molecular formula is C21H22ClN3O5. The van der Waals surface area contributed by atoms with E-state index < -0.39 is 18.0 Å². The van der Waals surface area contributed by atoms with Crippen LogP contribution in [0.5, 0.6) is 17.2 Å². The summed E-state index contributed by atoms with van der Waals surface area (Å²) in [5, 5.41) is 18.3. The first-order valence-corrected chi connectivity index (χ1v) is 9.61. The zero-order valence-electron chi connectivity index (χ0n) is 16.7. The highest BCUT2D eigenvalue weighted by molar-refractivity contribution is 6.32. The molecule has 2 aromatic carbocycles. The Bertz CT molecular complexity index is 1020. The molecule has 0 saturated heterocycles. The van der Waals surface area contributed by atoms with Gasteiger partial charge in [-0.1, -0.05) is 23.7 Å². The van der Waals surface area contributed by atoms with E-state index in [1.807, 2.05) is 0 Å². The number of ether oxygens (including phenoxy) is 2. The van der Waals surface area contributed by atoms with E-state index in [1.165, 1.54) is 13.2 Å². The van der Waals surface area contributed by atoms with Crippen LogP contribution in [0, 0.1) is 0 Å². The van der Waals surface area contributed by atoms with Crippen molar-refractivity contribution in [1.29, 1.82) is 0 Å². The van der Waals surface area contributed by atoms with Crippen molar-refractivity contribution in [2.45, 2.75) is 19.9 Å². The molecule has 1 aliphatic rings. The number of para-hydroxylation sites is 2. The van der Waals surface area contributed by atoms with Crippen LogP contribution in [0.3, 0.4) is 0 Å². The van der Waals surface area contributed by atoms with Gasteiger partial charge in [0.1, 0.15) is 5.75 Å². The van der Waals surface area contributed by atoms with Crippen LogP contribution >= 0.6 is 11.6 Å². The van der Waals surface area contributed by atoms with E-state index in [1.54, 1.807) is 44.2 Å². The largest absolute Gasteiger partial charge is 0.503 e. The molecule has 1 aliphatic heterocycles. The molecule has 0 aliphatic carbocycles. The maximum Gasteiger partial charge on any atom is 0.319 e. The van der Waals surface area contributed by atoms with Gasteiger partial charge in [-0.3, -0.25) is 4.79 Å².